The molecule has 0 aliphatic carbocycles. The minimum atomic E-state index is -3.08. The summed E-state index contributed by atoms with van der Waals surface area (Å²) >= 11 is 0. The van der Waals surface area contributed by atoms with Crippen molar-refractivity contribution in [1.29, 1.82) is 0 Å². The second-order valence-electron chi connectivity index (χ2n) is 3.34. The molecular formula is C10H10F2N2O. The number of rotatable bonds is 2. The zero-order chi connectivity index (χ0) is 11.1. The number of benzene rings is 1. The zero-order valence-corrected chi connectivity index (χ0v) is 7.80. The van der Waals surface area contributed by atoms with Crippen molar-refractivity contribution < 1.29 is 13.9 Å². The van der Waals surface area contributed by atoms with E-state index in [-0.39, 0.29) is 11.3 Å². The number of hydrogen-bond donors (Lipinski definition) is 3. The fourth-order valence-corrected chi connectivity index (χ4v) is 1.52. The monoisotopic (exact) mass is 212 g/mol. The number of H-pyrrole nitrogens is 1. The molecule has 1 aromatic heterocycles. The van der Waals surface area contributed by atoms with Crippen LogP contribution < -0.4 is 5.73 Å². The number of hydrogen-bond acceptors (Lipinski definition) is 2. The minimum Gasteiger partial charge on any atom is -0.508 e. The van der Waals surface area contributed by atoms with Gasteiger partial charge in [0.05, 0.1) is 6.54 Å². The van der Waals surface area contributed by atoms with Crippen LogP contribution in [-0.2, 0) is 5.92 Å². The lowest BCUT2D eigenvalue weighted by atomic mass is 10.1. The summed E-state index contributed by atoms with van der Waals surface area (Å²) in [5, 5.41) is 9.52. The highest BCUT2D eigenvalue weighted by Gasteiger charge is 2.32. The van der Waals surface area contributed by atoms with Crippen LogP contribution >= 0.6 is 0 Å². The number of phenols is 1. The molecule has 0 aliphatic heterocycles. The van der Waals surface area contributed by atoms with Gasteiger partial charge >= 0.3 is 0 Å². The van der Waals surface area contributed by atoms with Gasteiger partial charge in [-0.1, -0.05) is 0 Å². The first-order valence-corrected chi connectivity index (χ1v) is 4.43. The predicted molar refractivity (Wildman–Crippen MR) is 52.9 cm³/mol. The zero-order valence-electron chi connectivity index (χ0n) is 7.80. The Morgan fingerprint density at radius 1 is 1.40 bits per heavy atom. The highest BCUT2D eigenvalue weighted by atomic mass is 19.3. The molecule has 0 unspecified atom stereocenters. The summed E-state index contributed by atoms with van der Waals surface area (Å²) in [6.45, 7) is -0.754. The number of aromatic amines is 1. The third-order valence-electron chi connectivity index (χ3n) is 2.32. The Balaban J connectivity index is 2.67. The second-order valence-corrected chi connectivity index (χ2v) is 3.34. The van der Waals surface area contributed by atoms with Crippen LogP contribution in [0, 0.1) is 0 Å². The number of alkyl halides is 2. The summed E-state index contributed by atoms with van der Waals surface area (Å²) in [4.78, 5) is 2.71. The topological polar surface area (TPSA) is 62.0 Å². The molecule has 15 heavy (non-hydrogen) atoms. The van der Waals surface area contributed by atoms with E-state index in [2.05, 4.69) is 4.98 Å². The number of aromatic nitrogens is 1. The largest absolute Gasteiger partial charge is 0.508 e. The molecule has 1 aromatic carbocycles. The molecule has 0 bridgehead atoms. The molecule has 2 rings (SSSR count). The quantitative estimate of drug-likeness (QED) is 0.712. The average molecular weight is 212 g/mol. The molecule has 4 N–H and O–H groups in total. The van der Waals surface area contributed by atoms with Crippen molar-refractivity contribution in [3.8, 4) is 5.75 Å². The van der Waals surface area contributed by atoms with E-state index in [0.717, 1.165) is 0 Å². The van der Waals surface area contributed by atoms with E-state index >= 15 is 0 Å². The smallest absolute Gasteiger partial charge is 0.287 e. The molecule has 1 heterocycles. The Labute approximate surface area is 84.5 Å². The van der Waals surface area contributed by atoms with E-state index in [1.807, 2.05) is 0 Å². The van der Waals surface area contributed by atoms with Gasteiger partial charge in [0.2, 0.25) is 0 Å². The molecule has 80 valence electrons. The Kier molecular flexibility index (Phi) is 2.12. The minimum absolute atomic E-state index is 0.0452. The number of halogens is 2. The maximum Gasteiger partial charge on any atom is 0.287 e. The Bertz CT molecular complexity index is 493. The maximum absolute atomic E-state index is 13.4. The fraction of sp³-hybridized carbons (Fsp3) is 0.200. The molecule has 0 amide bonds. The van der Waals surface area contributed by atoms with Gasteiger partial charge in [0.1, 0.15) is 5.75 Å². The molecule has 0 spiro atoms. The first-order chi connectivity index (χ1) is 7.04. The van der Waals surface area contributed by atoms with E-state index in [1.54, 1.807) is 6.07 Å². The van der Waals surface area contributed by atoms with Gasteiger partial charge in [0.15, 0.2) is 0 Å². The third kappa shape index (κ3) is 1.55. The Morgan fingerprint density at radius 2 is 2.13 bits per heavy atom. The summed E-state index contributed by atoms with van der Waals surface area (Å²) in [7, 11) is 0. The first-order valence-electron chi connectivity index (χ1n) is 4.43. The molecule has 0 atom stereocenters. The van der Waals surface area contributed by atoms with E-state index in [9.17, 15) is 13.9 Å². The summed E-state index contributed by atoms with van der Waals surface area (Å²) in [6.07, 6.45) is 1.22. The van der Waals surface area contributed by atoms with Gasteiger partial charge in [0.25, 0.3) is 5.92 Å². The summed E-state index contributed by atoms with van der Waals surface area (Å²) in [5.74, 6) is -3.12. The average Bonchev–Trinajstić information content (AvgIpc) is 2.61. The third-order valence-corrected chi connectivity index (χ3v) is 2.32. The van der Waals surface area contributed by atoms with Gasteiger partial charge in [-0.15, -0.1) is 0 Å². The van der Waals surface area contributed by atoms with E-state index in [0.29, 0.717) is 10.9 Å². The highest BCUT2D eigenvalue weighted by Crippen LogP contribution is 2.34. The van der Waals surface area contributed by atoms with Crippen molar-refractivity contribution in [3.63, 3.8) is 0 Å². The van der Waals surface area contributed by atoms with Crippen LogP contribution in [0.15, 0.2) is 24.4 Å². The van der Waals surface area contributed by atoms with E-state index in [4.69, 9.17) is 5.73 Å². The lowest BCUT2D eigenvalue weighted by Crippen LogP contribution is -2.24. The lowest BCUT2D eigenvalue weighted by Gasteiger charge is -2.12. The standard InChI is InChI=1S/C10H10F2N2O/c11-10(12,5-13)8-4-14-9-2-1-6(15)3-7(8)9/h1-4,14-15H,5,13H2. The van der Waals surface area contributed by atoms with Crippen LogP contribution in [0.3, 0.4) is 0 Å². The lowest BCUT2D eigenvalue weighted by molar-refractivity contribution is 0.00754. The molecule has 0 saturated heterocycles. The van der Waals surface area contributed by atoms with E-state index in [1.165, 1.54) is 18.3 Å². The highest BCUT2D eigenvalue weighted by molar-refractivity contribution is 5.85. The van der Waals surface area contributed by atoms with Crippen LogP contribution in [0.4, 0.5) is 8.78 Å². The molecule has 0 radical (unpaired) electrons. The van der Waals surface area contributed by atoms with Crippen LogP contribution in [0.5, 0.6) is 5.75 Å². The normalized spacial score (nSPS) is 12.2. The molecule has 2 aromatic rings. The summed E-state index contributed by atoms with van der Waals surface area (Å²) in [6, 6.07) is 4.27. The second kappa shape index (κ2) is 3.20. The van der Waals surface area contributed by atoms with Gasteiger partial charge in [-0.3, -0.25) is 0 Å². The number of phenolic OH excluding ortho intramolecular Hbond substituents is 1. The molecule has 5 heteroatoms. The van der Waals surface area contributed by atoms with Crippen molar-refractivity contribution >= 4 is 10.9 Å². The van der Waals surface area contributed by atoms with Gasteiger partial charge < -0.3 is 15.8 Å². The Morgan fingerprint density at radius 3 is 2.80 bits per heavy atom. The molecule has 0 fully saturated rings. The van der Waals surface area contributed by atoms with Gasteiger partial charge in [-0.25, -0.2) is 0 Å². The van der Waals surface area contributed by atoms with Crippen molar-refractivity contribution in [3.05, 3.63) is 30.0 Å². The van der Waals surface area contributed by atoms with Gasteiger partial charge in [-0.05, 0) is 18.2 Å². The summed E-state index contributed by atoms with van der Waals surface area (Å²) < 4.78 is 26.7. The first kappa shape index (κ1) is 9.92. The molecule has 0 aliphatic rings. The number of nitrogens with one attached hydrogen (secondary N) is 1. The number of aromatic hydroxyl groups is 1. The van der Waals surface area contributed by atoms with Crippen molar-refractivity contribution in [2.24, 2.45) is 5.73 Å². The van der Waals surface area contributed by atoms with Crippen LogP contribution in [0.1, 0.15) is 5.56 Å². The van der Waals surface area contributed by atoms with Crippen LogP contribution in [0.25, 0.3) is 10.9 Å². The number of nitrogens with two attached hydrogens (primary N) is 1. The van der Waals surface area contributed by atoms with Crippen molar-refractivity contribution in [1.82, 2.24) is 4.98 Å². The van der Waals surface area contributed by atoms with E-state index < -0.39 is 12.5 Å². The van der Waals surface area contributed by atoms with Crippen molar-refractivity contribution in [2.45, 2.75) is 5.92 Å². The molecule has 3 nitrogen and oxygen atoms in total. The predicted octanol–water partition coefficient (Wildman–Crippen LogP) is 1.92. The van der Waals surface area contributed by atoms with Gasteiger partial charge in [-0.2, -0.15) is 8.78 Å². The Hall–Kier alpha value is -1.62. The van der Waals surface area contributed by atoms with Crippen LogP contribution in [0.2, 0.25) is 0 Å². The van der Waals surface area contributed by atoms with Crippen molar-refractivity contribution in [2.75, 3.05) is 6.54 Å². The fourth-order valence-electron chi connectivity index (χ4n) is 1.52. The van der Waals surface area contributed by atoms with Gasteiger partial charge in [0, 0.05) is 22.7 Å². The summed E-state index contributed by atoms with van der Waals surface area (Å²) in [5.41, 5.74) is 5.37. The molecular weight excluding hydrogens is 202 g/mol. The number of fused-ring (bicyclic) bond motifs is 1. The molecule has 0 saturated carbocycles. The van der Waals surface area contributed by atoms with Crippen LogP contribution in [-0.4, -0.2) is 16.6 Å². The maximum atomic E-state index is 13.4. The SMILES string of the molecule is NCC(F)(F)c1c[nH]c2ccc(O)cc12.